The number of nitrogens with one attached hydrogen (secondary N) is 1. The Morgan fingerprint density at radius 2 is 1.68 bits per heavy atom. The zero-order chi connectivity index (χ0) is 21.0. The number of hydrogen-bond acceptors (Lipinski definition) is 5. The van der Waals surface area contributed by atoms with Crippen LogP contribution in [0.4, 0.5) is 0 Å². The number of amides is 1. The van der Waals surface area contributed by atoms with Crippen LogP contribution in [0.2, 0.25) is 0 Å². The summed E-state index contributed by atoms with van der Waals surface area (Å²) in [4.78, 5) is 30.3. The molecule has 1 amide bonds. The Hall–Kier alpha value is -3.93. The maximum absolute atomic E-state index is 12.2. The van der Waals surface area contributed by atoms with E-state index in [0.717, 1.165) is 46.7 Å². The van der Waals surface area contributed by atoms with Crippen LogP contribution >= 0.6 is 0 Å². The number of rotatable bonds is 6. The van der Waals surface area contributed by atoms with Crippen LogP contribution in [0.25, 0.3) is 22.5 Å². The minimum atomic E-state index is -0.188. The second-order valence-corrected chi connectivity index (χ2v) is 7.57. The zero-order valence-corrected chi connectivity index (χ0v) is 16.9. The Balaban J connectivity index is 1.39. The summed E-state index contributed by atoms with van der Waals surface area (Å²) < 4.78 is 0. The van der Waals surface area contributed by atoms with Crippen LogP contribution in [0.3, 0.4) is 0 Å². The van der Waals surface area contributed by atoms with E-state index in [1.54, 1.807) is 30.6 Å². The lowest BCUT2D eigenvalue weighted by Crippen LogP contribution is -2.23. The lowest BCUT2D eigenvalue weighted by atomic mass is 10.0. The van der Waals surface area contributed by atoms with Crippen LogP contribution in [-0.2, 0) is 6.54 Å². The highest BCUT2D eigenvalue weighted by Gasteiger charge is 2.27. The van der Waals surface area contributed by atoms with Crippen molar-refractivity contribution in [1.82, 2.24) is 25.3 Å². The van der Waals surface area contributed by atoms with Gasteiger partial charge in [-0.25, -0.2) is 9.97 Å². The summed E-state index contributed by atoms with van der Waals surface area (Å²) in [5.41, 5.74) is 5.08. The molecule has 0 atom stereocenters. The lowest BCUT2D eigenvalue weighted by Gasteiger charge is -2.11. The molecule has 5 rings (SSSR count). The first-order chi connectivity index (χ1) is 15.3. The average Bonchev–Trinajstić information content (AvgIpc) is 3.69. The summed E-state index contributed by atoms with van der Waals surface area (Å²) in [6.07, 6.45) is 7.58. The monoisotopic (exact) mass is 407 g/mol. The van der Waals surface area contributed by atoms with Gasteiger partial charge in [0.1, 0.15) is 11.5 Å². The van der Waals surface area contributed by atoms with Crippen molar-refractivity contribution in [1.29, 1.82) is 0 Å². The average molecular weight is 407 g/mol. The molecule has 31 heavy (non-hydrogen) atoms. The van der Waals surface area contributed by atoms with Gasteiger partial charge >= 0.3 is 0 Å². The van der Waals surface area contributed by atoms with Crippen molar-refractivity contribution in [2.45, 2.75) is 25.3 Å². The van der Waals surface area contributed by atoms with Gasteiger partial charge in [0.25, 0.3) is 5.91 Å². The van der Waals surface area contributed by atoms with Gasteiger partial charge in [-0.15, -0.1) is 0 Å². The minimum absolute atomic E-state index is 0.188. The first kappa shape index (κ1) is 19.1. The molecular weight excluding hydrogens is 386 g/mol. The van der Waals surface area contributed by atoms with Crippen LogP contribution in [-0.4, -0.2) is 25.8 Å². The summed E-state index contributed by atoms with van der Waals surface area (Å²) in [6, 6.07) is 19.2. The highest BCUT2D eigenvalue weighted by Crippen LogP contribution is 2.40. The van der Waals surface area contributed by atoms with Gasteiger partial charge in [-0.05, 0) is 42.7 Å². The van der Waals surface area contributed by atoms with E-state index in [2.05, 4.69) is 20.3 Å². The third kappa shape index (κ3) is 4.33. The fraction of sp³-hybridized carbons (Fsp3) is 0.160. The first-order valence-corrected chi connectivity index (χ1v) is 10.3. The molecule has 1 aliphatic carbocycles. The van der Waals surface area contributed by atoms with Crippen molar-refractivity contribution in [3.63, 3.8) is 0 Å². The van der Waals surface area contributed by atoms with E-state index >= 15 is 0 Å². The molecule has 3 heterocycles. The minimum Gasteiger partial charge on any atom is -0.347 e. The zero-order valence-electron chi connectivity index (χ0n) is 16.9. The van der Waals surface area contributed by atoms with Crippen LogP contribution in [0.15, 0.2) is 79.3 Å². The second kappa shape index (κ2) is 8.44. The molecule has 1 fully saturated rings. The third-order valence-electron chi connectivity index (χ3n) is 5.27. The van der Waals surface area contributed by atoms with Crippen LogP contribution in [0.1, 0.15) is 40.6 Å². The summed E-state index contributed by atoms with van der Waals surface area (Å²) >= 11 is 0. The molecular formula is C25H21N5O. The SMILES string of the molecule is O=C(NCc1ccc(-c2nc(C3CC3)ncc2-c2ccccn2)cc1)c1ccccn1. The summed E-state index contributed by atoms with van der Waals surface area (Å²) in [5, 5.41) is 2.91. The number of carbonyl (C=O) groups is 1. The van der Waals surface area contributed by atoms with Gasteiger partial charge in [0.2, 0.25) is 0 Å². The Labute approximate surface area is 180 Å². The number of hydrogen-bond donors (Lipinski definition) is 1. The Morgan fingerprint density at radius 3 is 2.35 bits per heavy atom. The van der Waals surface area contributed by atoms with E-state index in [4.69, 9.17) is 4.98 Å². The predicted octanol–water partition coefficient (Wildman–Crippen LogP) is 4.41. The van der Waals surface area contributed by atoms with E-state index in [9.17, 15) is 4.79 Å². The number of pyridine rings is 2. The number of benzene rings is 1. The van der Waals surface area contributed by atoms with E-state index in [1.165, 1.54) is 0 Å². The summed E-state index contributed by atoms with van der Waals surface area (Å²) in [5.74, 6) is 1.19. The highest BCUT2D eigenvalue weighted by atomic mass is 16.1. The van der Waals surface area contributed by atoms with Crippen LogP contribution < -0.4 is 5.32 Å². The molecule has 1 N–H and O–H groups in total. The highest BCUT2D eigenvalue weighted by molar-refractivity contribution is 5.92. The smallest absolute Gasteiger partial charge is 0.270 e. The van der Waals surface area contributed by atoms with E-state index < -0.39 is 0 Å². The van der Waals surface area contributed by atoms with Crippen molar-refractivity contribution in [3.8, 4) is 22.5 Å². The summed E-state index contributed by atoms with van der Waals surface area (Å²) in [7, 11) is 0. The third-order valence-corrected chi connectivity index (χ3v) is 5.27. The molecule has 6 heteroatoms. The normalized spacial score (nSPS) is 13.0. The number of aromatic nitrogens is 4. The molecule has 4 aromatic rings. The molecule has 3 aromatic heterocycles. The van der Waals surface area contributed by atoms with E-state index in [-0.39, 0.29) is 5.91 Å². The van der Waals surface area contributed by atoms with Crippen molar-refractivity contribution < 1.29 is 4.79 Å². The maximum Gasteiger partial charge on any atom is 0.270 e. The largest absolute Gasteiger partial charge is 0.347 e. The van der Waals surface area contributed by atoms with Gasteiger partial charge in [-0.2, -0.15) is 0 Å². The quantitative estimate of drug-likeness (QED) is 0.512. The Morgan fingerprint density at radius 1 is 0.903 bits per heavy atom. The van der Waals surface area contributed by atoms with E-state index in [0.29, 0.717) is 18.2 Å². The molecule has 0 aliphatic heterocycles. The molecule has 1 saturated carbocycles. The van der Waals surface area contributed by atoms with Crippen molar-refractivity contribution in [3.05, 3.63) is 96.3 Å². The van der Waals surface area contributed by atoms with Gasteiger partial charge < -0.3 is 5.32 Å². The standard InChI is InChI=1S/C25H21N5O/c31-25(22-6-2-4-14-27-22)29-15-17-7-9-18(10-8-17)23-20(21-5-1-3-13-26-21)16-28-24(30-23)19-11-12-19/h1-10,13-14,16,19H,11-12,15H2,(H,29,31). The maximum atomic E-state index is 12.2. The van der Waals surface area contributed by atoms with Crippen molar-refractivity contribution in [2.75, 3.05) is 0 Å². The first-order valence-electron chi connectivity index (χ1n) is 10.3. The molecule has 0 spiro atoms. The molecule has 0 unspecified atom stereocenters. The molecule has 0 radical (unpaired) electrons. The second-order valence-electron chi connectivity index (χ2n) is 7.57. The van der Waals surface area contributed by atoms with Gasteiger partial charge in [-0.1, -0.05) is 36.4 Å². The Bertz CT molecular complexity index is 1190. The predicted molar refractivity (Wildman–Crippen MR) is 118 cm³/mol. The van der Waals surface area contributed by atoms with Crippen molar-refractivity contribution in [2.24, 2.45) is 0 Å². The molecule has 1 aliphatic rings. The fourth-order valence-corrected chi connectivity index (χ4v) is 3.41. The lowest BCUT2D eigenvalue weighted by molar-refractivity contribution is 0.0946. The molecule has 0 saturated heterocycles. The summed E-state index contributed by atoms with van der Waals surface area (Å²) in [6.45, 7) is 0.430. The topological polar surface area (TPSA) is 80.7 Å². The Kier molecular flexibility index (Phi) is 5.19. The van der Waals surface area contributed by atoms with Crippen LogP contribution in [0.5, 0.6) is 0 Å². The number of carbonyl (C=O) groups excluding carboxylic acids is 1. The van der Waals surface area contributed by atoms with Crippen LogP contribution in [0, 0.1) is 0 Å². The molecule has 1 aromatic carbocycles. The van der Waals surface area contributed by atoms with Gasteiger partial charge in [0, 0.05) is 42.2 Å². The molecule has 6 nitrogen and oxygen atoms in total. The molecule has 152 valence electrons. The van der Waals surface area contributed by atoms with Gasteiger partial charge in [0.15, 0.2) is 0 Å². The van der Waals surface area contributed by atoms with Gasteiger partial charge in [0.05, 0.1) is 11.4 Å². The fourth-order valence-electron chi connectivity index (χ4n) is 3.41. The van der Waals surface area contributed by atoms with Crippen molar-refractivity contribution >= 4 is 5.91 Å². The van der Waals surface area contributed by atoms with E-state index in [1.807, 2.05) is 48.7 Å². The number of nitrogens with zero attached hydrogens (tertiary/aromatic N) is 4. The molecule has 0 bridgehead atoms. The van der Waals surface area contributed by atoms with Gasteiger partial charge in [-0.3, -0.25) is 14.8 Å².